The van der Waals surface area contributed by atoms with Gasteiger partial charge >= 0.3 is 12.0 Å². The molecule has 124 valence electrons. The number of carboxylic acids is 1. The number of hydrogen-bond donors (Lipinski definition) is 2. The van der Waals surface area contributed by atoms with Crippen LogP contribution in [0.3, 0.4) is 0 Å². The molecule has 1 aromatic rings. The Morgan fingerprint density at radius 2 is 1.87 bits per heavy atom. The van der Waals surface area contributed by atoms with Gasteiger partial charge in [0.25, 0.3) is 0 Å². The van der Waals surface area contributed by atoms with Crippen molar-refractivity contribution < 1.29 is 19.5 Å². The van der Waals surface area contributed by atoms with Crippen molar-refractivity contribution in [2.75, 3.05) is 19.6 Å². The summed E-state index contributed by atoms with van der Waals surface area (Å²) >= 11 is 0. The molecular formula is C16H21N3O4. The van der Waals surface area contributed by atoms with Gasteiger partial charge < -0.3 is 20.2 Å². The first-order valence-corrected chi connectivity index (χ1v) is 7.53. The molecule has 23 heavy (non-hydrogen) atoms. The Bertz CT molecular complexity index is 598. The van der Waals surface area contributed by atoms with Gasteiger partial charge in [0, 0.05) is 25.7 Å². The average Bonchev–Trinajstić information content (AvgIpc) is 2.52. The number of carbonyl (C=O) groups excluding carboxylic acids is 2. The van der Waals surface area contributed by atoms with Gasteiger partial charge in [0.2, 0.25) is 5.91 Å². The minimum atomic E-state index is -0.984. The van der Waals surface area contributed by atoms with E-state index in [9.17, 15) is 14.4 Å². The Balaban J connectivity index is 1.85. The van der Waals surface area contributed by atoms with Crippen LogP contribution in [0.4, 0.5) is 4.79 Å². The van der Waals surface area contributed by atoms with Crippen molar-refractivity contribution in [2.24, 2.45) is 0 Å². The first-order valence-electron chi connectivity index (χ1n) is 7.53. The van der Waals surface area contributed by atoms with Crippen LogP contribution in [0.2, 0.25) is 0 Å². The lowest BCUT2D eigenvalue weighted by Crippen LogP contribution is -2.56. The zero-order valence-electron chi connectivity index (χ0n) is 13.3. The van der Waals surface area contributed by atoms with Crippen molar-refractivity contribution in [3.8, 4) is 0 Å². The van der Waals surface area contributed by atoms with Crippen LogP contribution in [0.25, 0.3) is 0 Å². The van der Waals surface area contributed by atoms with E-state index < -0.39 is 5.97 Å². The van der Waals surface area contributed by atoms with Gasteiger partial charge in [-0.15, -0.1) is 0 Å². The smallest absolute Gasteiger partial charge is 0.335 e. The fourth-order valence-corrected chi connectivity index (χ4v) is 2.46. The molecule has 0 atom stereocenters. The highest BCUT2D eigenvalue weighted by molar-refractivity contribution is 5.87. The van der Waals surface area contributed by atoms with Crippen molar-refractivity contribution in [3.05, 3.63) is 35.4 Å². The first-order chi connectivity index (χ1) is 10.9. The quantitative estimate of drug-likeness (QED) is 0.871. The van der Waals surface area contributed by atoms with Crippen molar-refractivity contribution in [3.63, 3.8) is 0 Å². The molecule has 0 saturated carbocycles. The summed E-state index contributed by atoms with van der Waals surface area (Å²) < 4.78 is 0. The number of rotatable bonds is 4. The molecule has 0 aliphatic carbocycles. The minimum absolute atomic E-state index is 0.0489. The highest BCUT2D eigenvalue weighted by Gasteiger charge is 2.28. The van der Waals surface area contributed by atoms with Crippen LogP contribution < -0.4 is 5.32 Å². The second kappa shape index (κ2) is 7.13. The Kier molecular flexibility index (Phi) is 5.20. The van der Waals surface area contributed by atoms with Gasteiger partial charge in [-0.3, -0.25) is 4.79 Å². The van der Waals surface area contributed by atoms with E-state index in [0.29, 0.717) is 13.1 Å². The lowest BCUT2D eigenvalue weighted by Gasteiger charge is -2.36. The lowest BCUT2D eigenvalue weighted by atomic mass is 10.1. The summed E-state index contributed by atoms with van der Waals surface area (Å²) in [5, 5.41) is 11.6. The Hall–Kier alpha value is -2.57. The van der Waals surface area contributed by atoms with Crippen LogP contribution in [0.5, 0.6) is 0 Å². The maximum Gasteiger partial charge on any atom is 0.335 e. The van der Waals surface area contributed by atoms with Gasteiger partial charge in [-0.25, -0.2) is 9.59 Å². The zero-order valence-corrected chi connectivity index (χ0v) is 13.3. The van der Waals surface area contributed by atoms with Crippen molar-refractivity contribution in [1.82, 2.24) is 15.1 Å². The molecule has 2 rings (SSSR count). The number of nitrogens with zero attached hydrogens (tertiary/aromatic N) is 2. The highest BCUT2D eigenvalue weighted by atomic mass is 16.4. The number of carboxylic acid groups (broad SMARTS) is 1. The molecular weight excluding hydrogens is 298 g/mol. The monoisotopic (exact) mass is 319 g/mol. The molecule has 1 aliphatic heterocycles. The molecule has 1 aliphatic rings. The van der Waals surface area contributed by atoms with Crippen LogP contribution in [0.1, 0.15) is 29.8 Å². The standard InChI is InChI=1S/C16H21N3O4/c1-11(2)19-8-7-18(10-14(19)20)16(23)17-9-12-3-5-13(6-4-12)15(21)22/h3-6,11H,7-10H2,1-2H3,(H,17,23)(H,21,22). The number of amides is 3. The molecule has 0 unspecified atom stereocenters. The minimum Gasteiger partial charge on any atom is -0.478 e. The number of hydrogen-bond acceptors (Lipinski definition) is 3. The van der Waals surface area contributed by atoms with Crippen LogP contribution in [-0.4, -0.2) is 58.5 Å². The first kappa shape index (κ1) is 16.8. The summed E-state index contributed by atoms with van der Waals surface area (Å²) in [6.07, 6.45) is 0. The molecule has 0 aromatic heterocycles. The van der Waals surface area contributed by atoms with Gasteiger partial charge in [-0.2, -0.15) is 0 Å². The number of aromatic carboxylic acids is 1. The fourth-order valence-electron chi connectivity index (χ4n) is 2.46. The predicted octanol–water partition coefficient (Wildman–Crippen LogP) is 1.15. The number of nitrogens with one attached hydrogen (secondary N) is 1. The SMILES string of the molecule is CC(C)N1CCN(C(=O)NCc2ccc(C(=O)O)cc2)CC1=O. The third-order valence-electron chi connectivity index (χ3n) is 3.81. The average molecular weight is 319 g/mol. The van der Waals surface area contributed by atoms with Gasteiger partial charge in [0.15, 0.2) is 0 Å². The maximum atomic E-state index is 12.1. The van der Waals surface area contributed by atoms with Crippen LogP contribution in [-0.2, 0) is 11.3 Å². The van der Waals surface area contributed by atoms with E-state index in [1.807, 2.05) is 13.8 Å². The van der Waals surface area contributed by atoms with Crippen LogP contribution >= 0.6 is 0 Å². The van der Waals surface area contributed by atoms with E-state index in [-0.39, 0.29) is 36.6 Å². The summed E-state index contributed by atoms with van der Waals surface area (Å²) in [5.41, 5.74) is 1.01. The number of piperazine rings is 1. The van der Waals surface area contributed by atoms with Gasteiger partial charge in [0.05, 0.1) is 5.56 Å². The molecule has 3 amide bonds. The molecule has 0 bridgehead atoms. The Morgan fingerprint density at radius 3 is 2.39 bits per heavy atom. The Labute approximate surface area is 134 Å². The lowest BCUT2D eigenvalue weighted by molar-refractivity contribution is -0.136. The number of urea groups is 1. The van der Waals surface area contributed by atoms with E-state index >= 15 is 0 Å². The van der Waals surface area contributed by atoms with E-state index in [1.54, 1.807) is 17.0 Å². The fraction of sp³-hybridized carbons (Fsp3) is 0.438. The van der Waals surface area contributed by atoms with Crippen LogP contribution in [0.15, 0.2) is 24.3 Å². The predicted molar refractivity (Wildman–Crippen MR) is 84.1 cm³/mol. The molecule has 7 nitrogen and oxygen atoms in total. The van der Waals surface area contributed by atoms with Crippen molar-refractivity contribution in [2.45, 2.75) is 26.4 Å². The summed E-state index contributed by atoms with van der Waals surface area (Å²) in [7, 11) is 0. The molecule has 7 heteroatoms. The molecule has 0 spiro atoms. The van der Waals surface area contributed by atoms with E-state index in [1.165, 1.54) is 17.0 Å². The second-order valence-electron chi connectivity index (χ2n) is 5.76. The molecule has 2 N–H and O–H groups in total. The van der Waals surface area contributed by atoms with Crippen LogP contribution in [0, 0.1) is 0 Å². The van der Waals surface area contributed by atoms with Gasteiger partial charge in [0.1, 0.15) is 6.54 Å². The summed E-state index contributed by atoms with van der Waals surface area (Å²) in [6.45, 7) is 5.33. The number of benzene rings is 1. The van der Waals surface area contributed by atoms with Gasteiger partial charge in [-0.05, 0) is 31.5 Å². The zero-order chi connectivity index (χ0) is 17.0. The normalized spacial score (nSPS) is 15.0. The third kappa shape index (κ3) is 4.21. The molecule has 1 fully saturated rings. The van der Waals surface area contributed by atoms with Crippen molar-refractivity contribution in [1.29, 1.82) is 0 Å². The molecule has 1 heterocycles. The van der Waals surface area contributed by atoms with E-state index in [4.69, 9.17) is 5.11 Å². The summed E-state index contributed by atoms with van der Waals surface area (Å²) in [5.74, 6) is -1.03. The maximum absolute atomic E-state index is 12.1. The Morgan fingerprint density at radius 1 is 1.22 bits per heavy atom. The van der Waals surface area contributed by atoms with E-state index in [0.717, 1.165) is 5.56 Å². The van der Waals surface area contributed by atoms with Gasteiger partial charge in [-0.1, -0.05) is 12.1 Å². The number of carbonyl (C=O) groups is 3. The summed E-state index contributed by atoms with van der Waals surface area (Å²) in [4.78, 5) is 38.1. The molecule has 1 aromatic carbocycles. The van der Waals surface area contributed by atoms with Crippen molar-refractivity contribution >= 4 is 17.9 Å². The highest BCUT2D eigenvalue weighted by Crippen LogP contribution is 2.08. The van der Waals surface area contributed by atoms with E-state index in [2.05, 4.69) is 5.32 Å². The molecule has 1 saturated heterocycles. The largest absolute Gasteiger partial charge is 0.478 e. The topological polar surface area (TPSA) is 89.9 Å². The molecule has 0 radical (unpaired) electrons. The third-order valence-corrected chi connectivity index (χ3v) is 3.81. The summed E-state index contributed by atoms with van der Waals surface area (Å²) in [6, 6.07) is 6.16. The second-order valence-corrected chi connectivity index (χ2v) is 5.76.